The molecule has 28 heavy (non-hydrogen) atoms. The first kappa shape index (κ1) is 19.3. The number of carbonyl (C=O) groups is 2. The normalized spacial score (nSPS) is 13.2. The van der Waals surface area contributed by atoms with Crippen LogP contribution in [0.1, 0.15) is 40.5 Å². The molecular weight excluding hydrogens is 360 g/mol. The van der Waals surface area contributed by atoms with Gasteiger partial charge in [-0.25, -0.2) is 0 Å². The number of carbonyl (C=O) groups excluding carboxylic acids is 2. The Bertz CT molecular complexity index is 907. The van der Waals surface area contributed by atoms with Gasteiger partial charge >= 0.3 is 0 Å². The van der Waals surface area contributed by atoms with E-state index in [-0.39, 0.29) is 17.2 Å². The second-order valence-corrected chi connectivity index (χ2v) is 6.55. The topological polar surface area (TPSA) is 105 Å². The Hall–Kier alpha value is -3.42. The maximum atomic E-state index is 12.9. The highest BCUT2D eigenvalue weighted by molar-refractivity contribution is 6.09. The van der Waals surface area contributed by atoms with Crippen LogP contribution in [0.2, 0.25) is 0 Å². The van der Waals surface area contributed by atoms with E-state index in [2.05, 4.69) is 15.5 Å². The van der Waals surface area contributed by atoms with Crippen molar-refractivity contribution in [2.75, 3.05) is 29.9 Å². The van der Waals surface area contributed by atoms with Gasteiger partial charge in [0.25, 0.3) is 17.5 Å². The summed E-state index contributed by atoms with van der Waals surface area (Å²) in [6.45, 7) is 3.95. The number of benzene rings is 2. The van der Waals surface area contributed by atoms with Crippen LogP contribution in [-0.2, 0) is 0 Å². The molecule has 146 valence electrons. The monoisotopic (exact) mass is 382 g/mol. The largest absolute Gasteiger partial charge is 0.371 e. The predicted octanol–water partition coefficient (Wildman–Crippen LogP) is 3.20. The van der Waals surface area contributed by atoms with Crippen molar-refractivity contribution in [3.63, 3.8) is 0 Å². The highest BCUT2D eigenvalue weighted by Crippen LogP contribution is 2.29. The SMILES string of the molecule is CCNC(=O)c1cccc(NC(=O)c2cc([N+](=O)[O-])ccc2N2CCCC2)c1. The maximum Gasteiger partial charge on any atom is 0.270 e. The summed E-state index contributed by atoms with van der Waals surface area (Å²) in [5.74, 6) is -0.676. The minimum absolute atomic E-state index is 0.135. The zero-order chi connectivity index (χ0) is 20.1. The highest BCUT2D eigenvalue weighted by Gasteiger charge is 2.22. The van der Waals surface area contributed by atoms with Crippen LogP contribution in [0.25, 0.3) is 0 Å². The number of hydrogen-bond acceptors (Lipinski definition) is 5. The zero-order valence-electron chi connectivity index (χ0n) is 15.6. The standard InChI is InChI=1S/C20H22N4O4/c1-2-21-19(25)14-6-5-7-15(12-14)22-20(26)17-13-16(24(27)28)8-9-18(17)23-10-3-4-11-23/h5-9,12-13H,2-4,10-11H2,1H3,(H,21,25)(H,22,26). The van der Waals surface area contributed by atoms with Gasteiger partial charge < -0.3 is 15.5 Å². The van der Waals surface area contributed by atoms with Gasteiger partial charge in [-0.3, -0.25) is 19.7 Å². The van der Waals surface area contributed by atoms with E-state index in [4.69, 9.17) is 0 Å². The summed E-state index contributed by atoms with van der Waals surface area (Å²) in [6, 6.07) is 10.9. The number of nitrogens with zero attached hydrogens (tertiary/aromatic N) is 2. The van der Waals surface area contributed by atoms with Gasteiger partial charge in [0.2, 0.25) is 0 Å². The third-order valence-electron chi connectivity index (χ3n) is 4.60. The molecule has 1 aliphatic rings. The summed E-state index contributed by atoms with van der Waals surface area (Å²) in [6.07, 6.45) is 2.04. The van der Waals surface area contributed by atoms with Gasteiger partial charge in [-0.1, -0.05) is 6.07 Å². The fraction of sp³-hybridized carbons (Fsp3) is 0.300. The van der Waals surface area contributed by atoms with Crippen molar-refractivity contribution in [3.8, 4) is 0 Å². The van der Waals surface area contributed by atoms with Gasteiger partial charge in [-0.2, -0.15) is 0 Å². The van der Waals surface area contributed by atoms with Crippen molar-refractivity contribution in [2.24, 2.45) is 0 Å². The van der Waals surface area contributed by atoms with Crippen LogP contribution in [-0.4, -0.2) is 36.4 Å². The Morgan fingerprint density at radius 1 is 1.11 bits per heavy atom. The highest BCUT2D eigenvalue weighted by atomic mass is 16.6. The lowest BCUT2D eigenvalue weighted by molar-refractivity contribution is -0.384. The third-order valence-corrected chi connectivity index (χ3v) is 4.60. The lowest BCUT2D eigenvalue weighted by Gasteiger charge is -2.21. The van der Waals surface area contributed by atoms with E-state index in [1.165, 1.54) is 12.1 Å². The molecule has 8 heteroatoms. The molecule has 0 unspecified atom stereocenters. The molecule has 8 nitrogen and oxygen atoms in total. The summed E-state index contributed by atoms with van der Waals surface area (Å²) < 4.78 is 0. The molecule has 1 heterocycles. The zero-order valence-corrected chi connectivity index (χ0v) is 15.6. The van der Waals surface area contributed by atoms with Crippen molar-refractivity contribution in [2.45, 2.75) is 19.8 Å². The van der Waals surface area contributed by atoms with E-state index in [0.717, 1.165) is 25.9 Å². The molecule has 0 bridgehead atoms. The molecule has 0 atom stereocenters. The molecule has 2 aromatic carbocycles. The van der Waals surface area contributed by atoms with Gasteiger partial charge in [-0.05, 0) is 44.0 Å². The second kappa shape index (κ2) is 8.51. The molecule has 0 aromatic heterocycles. The number of non-ortho nitro benzene ring substituents is 1. The number of hydrogen-bond donors (Lipinski definition) is 2. The van der Waals surface area contributed by atoms with Crippen molar-refractivity contribution in [1.82, 2.24) is 5.32 Å². The van der Waals surface area contributed by atoms with Crippen LogP contribution in [0.5, 0.6) is 0 Å². The molecule has 1 saturated heterocycles. The Balaban J connectivity index is 1.89. The lowest BCUT2D eigenvalue weighted by atomic mass is 10.1. The first-order valence-corrected chi connectivity index (χ1v) is 9.22. The molecule has 0 aliphatic carbocycles. The van der Waals surface area contributed by atoms with Crippen LogP contribution in [0, 0.1) is 10.1 Å². The molecule has 3 rings (SSSR count). The summed E-state index contributed by atoms with van der Waals surface area (Å²) in [7, 11) is 0. The van der Waals surface area contributed by atoms with Gasteiger partial charge in [0.05, 0.1) is 16.2 Å². The number of nitrogens with one attached hydrogen (secondary N) is 2. The molecule has 2 aromatic rings. The van der Waals surface area contributed by atoms with Gasteiger partial charge in [0.1, 0.15) is 0 Å². The summed E-state index contributed by atoms with van der Waals surface area (Å²) in [5.41, 5.74) is 1.68. The number of rotatable bonds is 6. The Kier molecular flexibility index (Phi) is 5.88. The average Bonchev–Trinajstić information content (AvgIpc) is 3.22. The van der Waals surface area contributed by atoms with Gasteiger partial charge in [0, 0.05) is 43.0 Å². The van der Waals surface area contributed by atoms with E-state index in [9.17, 15) is 19.7 Å². The number of anilines is 2. The molecule has 0 spiro atoms. The fourth-order valence-corrected chi connectivity index (χ4v) is 3.25. The van der Waals surface area contributed by atoms with Crippen LogP contribution in [0.15, 0.2) is 42.5 Å². The Morgan fingerprint density at radius 2 is 1.86 bits per heavy atom. The van der Waals surface area contributed by atoms with Crippen molar-refractivity contribution in [3.05, 3.63) is 63.7 Å². The van der Waals surface area contributed by atoms with E-state index < -0.39 is 10.8 Å². The quantitative estimate of drug-likeness (QED) is 0.590. The second-order valence-electron chi connectivity index (χ2n) is 6.55. The molecule has 0 saturated carbocycles. The Labute approximate surface area is 162 Å². The van der Waals surface area contributed by atoms with Crippen LogP contribution in [0.4, 0.5) is 17.1 Å². The summed E-state index contributed by atoms with van der Waals surface area (Å²) in [4.78, 5) is 37.6. The molecule has 2 N–H and O–H groups in total. The minimum atomic E-state index is -0.514. The van der Waals surface area contributed by atoms with Crippen LogP contribution < -0.4 is 15.5 Å². The molecule has 2 amide bonds. The van der Waals surface area contributed by atoms with Gasteiger partial charge in [0.15, 0.2) is 0 Å². The first-order valence-electron chi connectivity index (χ1n) is 9.22. The molecular formula is C20H22N4O4. The molecule has 1 aliphatic heterocycles. The molecule has 0 radical (unpaired) electrons. The van der Waals surface area contributed by atoms with E-state index in [0.29, 0.717) is 23.5 Å². The lowest BCUT2D eigenvalue weighted by Crippen LogP contribution is -2.24. The maximum absolute atomic E-state index is 12.9. The van der Waals surface area contributed by atoms with E-state index >= 15 is 0 Å². The van der Waals surface area contributed by atoms with Crippen molar-refractivity contribution >= 4 is 28.9 Å². The van der Waals surface area contributed by atoms with Crippen LogP contribution in [0.3, 0.4) is 0 Å². The smallest absolute Gasteiger partial charge is 0.270 e. The first-order chi connectivity index (χ1) is 13.5. The van der Waals surface area contributed by atoms with Crippen molar-refractivity contribution < 1.29 is 14.5 Å². The fourth-order valence-electron chi connectivity index (χ4n) is 3.25. The third kappa shape index (κ3) is 4.28. The number of nitro benzene ring substituents is 1. The van der Waals surface area contributed by atoms with E-state index in [1.807, 2.05) is 6.92 Å². The summed E-state index contributed by atoms with van der Waals surface area (Å²) >= 11 is 0. The number of amides is 2. The Morgan fingerprint density at radius 3 is 2.54 bits per heavy atom. The summed E-state index contributed by atoms with van der Waals surface area (Å²) in [5, 5.41) is 16.6. The van der Waals surface area contributed by atoms with Crippen LogP contribution >= 0.6 is 0 Å². The van der Waals surface area contributed by atoms with Crippen molar-refractivity contribution in [1.29, 1.82) is 0 Å². The minimum Gasteiger partial charge on any atom is -0.371 e. The predicted molar refractivity (Wildman–Crippen MR) is 107 cm³/mol. The van der Waals surface area contributed by atoms with Gasteiger partial charge in [-0.15, -0.1) is 0 Å². The molecule has 1 fully saturated rings. The average molecular weight is 382 g/mol. The van der Waals surface area contributed by atoms with E-state index in [1.54, 1.807) is 30.3 Å². The number of nitro groups is 1.